The number of benzene rings is 2. The van der Waals surface area contributed by atoms with Gasteiger partial charge >= 0.3 is 0 Å². The highest BCUT2D eigenvalue weighted by molar-refractivity contribution is 6.11. The summed E-state index contributed by atoms with van der Waals surface area (Å²) in [5, 5.41) is 0. The topological polar surface area (TPSA) is 82.0 Å². The summed E-state index contributed by atoms with van der Waals surface area (Å²) in [6, 6.07) is 7.91. The summed E-state index contributed by atoms with van der Waals surface area (Å²) in [5.74, 6) is -4.45. The first-order valence-corrected chi connectivity index (χ1v) is 7.19. The number of ketones is 1. The standard InChI is InChI=1S/C12H8F2N2O.C6H5F2N/c13-9-4-8(11(15)5-10(9)14)12(17)7-2-1-3-16-6-7;7-5-2-1-4(9)3-6(5)8/h1-6H,15H2;1-3H,9H2. The summed E-state index contributed by atoms with van der Waals surface area (Å²) in [5.41, 5.74) is 10.9. The maximum atomic E-state index is 13.0. The predicted molar refractivity (Wildman–Crippen MR) is 89.2 cm³/mol. The van der Waals surface area contributed by atoms with Crippen LogP contribution in [0.15, 0.2) is 54.9 Å². The first-order chi connectivity index (χ1) is 12.3. The molecule has 0 aliphatic heterocycles. The van der Waals surface area contributed by atoms with Gasteiger partial charge < -0.3 is 11.5 Å². The molecule has 0 spiro atoms. The van der Waals surface area contributed by atoms with Crippen LogP contribution >= 0.6 is 0 Å². The number of carbonyl (C=O) groups excluding carboxylic acids is 1. The van der Waals surface area contributed by atoms with Gasteiger partial charge in [0.1, 0.15) is 0 Å². The molecule has 0 saturated heterocycles. The van der Waals surface area contributed by atoms with Gasteiger partial charge in [0, 0.05) is 41.0 Å². The van der Waals surface area contributed by atoms with Crippen molar-refractivity contribution in [1.82, 2.24) is 4.98 Å². The second-order valence-electron chi connectivity index (χ2n) is 5.10. The number of halogens is 4. The molecule has 3 rings (SSSR count). The average molecular weight is 363 g/mol. The highest BCUT2D eigenvalue weighted by atomic mass is 19.2. The van der Waals surface area contributed by atoms with Gasteiger partial charge in [0.15, 0.2) is 29.1 Å². The molecule has 1 heterocycles. The van der Waals surface area contributed by atoms with E-state index in [1.54, 1.807) is 6.07 Å². The molecule has 3 aromatic rings. The fraction of sp³-hybridized carbons (Fsp3) is 0. The van der Waals surface area contributed by atoms with E-state index in [0.29, 0.717) is 0 Å². The van der Waals surface area contributed by atoms with Crippen molar-refractivity contribution >= 4 is 17.2 Å². The minimum absolute atomic E-state index is 0.0723. The second kappa shape index (κ2) is 8.11. The molecule has 0 amide bonds. The minimum Gasteiger partial charge on any atom is -0.399 e. The van der Waals surface area contributed by atoms with E-state index >= 15 is 0 Å². The highest BCUT2D eigenvalue weighted by Gasteiger charge is 2.15. The van der Waals surface area contributed by atoms with E-state index in [9.17, 15) is 22.4 Å². The summed E-state index contributed by atoms with van der Waals surface area (Å²) in [7, 11) is 0. The Morgan fingerprint density at radius 3 is 2.08 bits per heavy atom. The third-order valence-electron chi connectivity index (χ3n) is 3.20. The molecule has 0 aliphatic carbocycles. The number of anilines is 2. The average Bonchev–Trinajstić information content (AvgIpc) is 2.62. The molecule has 1 aromatic heterocycles. The van der Waals surface area contributed by atoms with Crippen molar-refractivity contribution < 1.29 is 22.4 Å². The lowest BCUT2D eigenvalue weighted by Gasteiger charge is -2.05. The Balaban J connectivity index is 0.000000228. The van der Waals surface area contributed by atoms with Crippen molar-refractivity contribution in [2.75, 3.05) is 11.5 Å². The van der Waals surface area contributed by atoms with Crippen molar-refractivity contribution in [3.8, 4) is 0 Å². The maximum Gasteiger partial charge on any atom is 0.196 e. The van der Waals surface area contributed by atoms with Crippen molar-refractivity contribution in [2.24, 2.45) is 0 Å². The van der Waals surface area contributed by atoms with E-state index in [-0.39, 0.29) is 22.5 Å². The number of pyridine rings is 1. The predicted octanol–water partition coefficient (Wildman–Crippen LogP) is 3.72. The van der Waals surface area contributed by atoms with Gasteiger partial charge in [-0.2, -0.15) is 0 Å². The molecule has 26 heavy (non-hydrogen) atoms. The van der Waals surface area contributed by atoms with Gasteiger partial charge in [0.05, 0.1) is 0 Å². The third kappa shape index (κ3) is 4.56. The summed E-state index contributed by atoms with van der Waals surface area (Å²) in [6.07, 6.45) is 2.84. The van der Waals surface area contributed by atoms with Crippen LogP contribution in [0, 0.1) is 23.3 Å². The van der Waals surface area contributed by atoms with Gasteiger partial charge in [-0.15, -0.1) is 0 Å². The summed E-state index contributed by atoms with van der Waals surface area (Å²) in [6.45, 7) is 0. The maximum absolute atomic E-state index is 13.0. The number of rotatable bonds is 2. The van der Waals surface area contributed by atoms with Crippen LogP contribution in [-0.4, -0.2) is 10.8 Å². The normalized spacial score (nSPS) is 10.0. The van der Waals surface area contributed by atoms with Crippen LogP contribution in [0.1, 0.15) is 15.9 Å². The van der Waals surface area contributed by atoms with Gasteiger partial charge in [0.2, 0.25) is 0 Å². The molecule has 0 unspecified atom stereocenters. The molecule has 0 atom stereocenters. The molecule has 8 heteroatoms. The number of hydrogen-bond donors (Lipinski definition) is 2. The minimum atomic E-state index is -1.11. The zero-order valence-electron chi connectivity index (χ0n) is 13.2. The molecule has 0 radical (unpaired) electrons. The van der Waals surface area contributed by atoms with Crippen molar-refractivity contribution in [2.45, 2.75) is 0 Å². The van der Waals surface area contributed by atoms with Crippen LogP contribution < -0.4 is 11.5 Å². The number of hydrogen-bond acceptors (Lipinski definition) is 4. The molecule has 4 N–H and O–H groups in total. The smallest absolute Gasteiger partial charge is 0.196 e. The monoisotopic (exact) mass is 363 g/mol. The molecular weight excluding hydrogens is 350 g/mol. The lowest BCUT2D eigenvalue weighted by atomic mass is 10.0. The lowest BCUT2D eigenvalue weighted by Crippen LogP contribution is -2.07. The number of aromatic nitrogens is 1. The van der Waals surface area contributed by atoms with Crippen molar-refractivity contribution in [1.29, 1.82) is 0 Å². The quantitative estimate of drug-likeness (QED) is 0.413. The zero-order chi connectivity index (χ0) is 19.3. The molecule has 0 saturated carbocycles. The fourth-order valence-electron chi connectivity index (χ4n) is 1.92. The van der Waals surface area contributed by atoms with Gasteiger partial charge in [-0.05, 0) is 36.4 Å². The first-order valence-electron chi connectivity index (χ1n) is 7.19. The Bertz CT molecular complexity index is 933. The largest absolute Gasteiger partial charge is 0.399 e. The summed E-state index contributed by atoms with van der Waals surface area (Å²) >= 11 is 0. The van der Waals surface area contributed by atoms with Gasteiger partial charge in [-0.25, -0.2) is 17.6 Å². The van der Waals surface area contributed by atoms with E-state index in [0.717, 1.165) is 24.3 Å². The highest BCUT2D eigenvalue weighted by Crippen LogP contribution is 2.20. The second-order valence-corrected chi connectivity index (χ2v) is 5.10. The van der Waals surface area contributed by atoms with Gasteiger partial charge in [0.25, 0.3) is 0 Å². The number of carbonyl (C=O) groups is 1. The van der Waals surface area contributed by atoms with Gasteiger partial charge in [-0.3, -0.25) is 9.78 Å². The molecule has 134 valence electrons. The Morgan fingerprint density at radius 1 is 0.846 bits per heavy atom. The Kier molecular flexibility index (Phi) is 5.90. The number of nitrogen functional groups attached to an aromatic ring is 2. The Labute approximate surface area is 146 Å². The van der Waals surface area contributed by atoms with E-state index in [2.05, 4.69) is 4.98 Å². The van der Waals surface area contributed by atoms with E-state index in [1.165, 1.54) is 24.5 Å². The van der Waals surface area contributed by atoms with Crippen LogP contribution in [0.4, 0.5) is 28.9 Å². The third-order valence-corrected chi connectivity index (χ3v) is 3.20. The SMILES string of the molecule is Nc1cc(F)c(F)cc1C(=O)c1cccnc1.Nc1ccc(F)c(F)c1. The van der Waals surface area contributed by atoms with Crippen molar-refractivity contribution in [3.05, 3.63) is 89.3 Å². The molecule has 2 aromatic carbocycles. The molecule has 0 bridgehead atoms. The zero-order valence-corrected chi connectivity index (χ0v) is 13.2. The first kappa shape index (κ1) is 18.9. The van der Waals surface area contributed by atoms with Crippen LogP contribution in [-0.2, 0) is 0 Å². The van der Waals surface area contributed by atoms with E-state index in [4.69, 9.17) is 11.5 Å². The van der Waals surface area contributed by atoms with Crippen LogP contribution in [0.3, 0.4) is 0 Å². The van der Waals surface area contributed by atoms with Crippen LogP contribution in [0.5, 0.6) is 0 Å². The van der Waals surface area contributed by atoms with Crippen LogP contribution in [0.2, 0.25) is 0 Å². The molecular formula is C18H13F4N3O. The van der Waals surface area contributed by atoms with E-state index in [1.807, 2.05) is 0 Å². The molecule has 0 fully saturated rings. The van der Waals surface area contributed by atoms with Gasteiger partial charge in [-0.1, -0.05) is 0 Å². The number of nitrogens with zero attached hydrogens (tertiary/aromatic N) is 1. The summed E-state index contributed by atoms with van der Waals surface area (Å²) < 4.78 is 50.1. The van der Waals surface area contributed by atoms with E-state index < -0.39 is 29.1 Å². The molecule has 4 nitrogen and oxygen atoms in total. The Hall–Kier alpha value is -3.42. The number of nitrogens with two attached hydrogens (primary N) is 2. The lowest BCUT2D eigenvalue weighted by molar-refractivity contribution is 0.103. The fourth-order valence-corrected chi connectivity index (χ4v) is 1.92. The van der Waals surface area contributed by atoms with Crippen LogP contribution in [0.25, 0.3) is 0 Å². The Morgan fingerprint density at radius 2 is 1.50 bits per heavy atom. The summed E-state index contributed by atoms with van der Waals surface area (Å²) in [4.78, 5) is 15.7. The molecule has 0 aliphatic rings. The van der Waals surface area contributed by atoms with Crippen molar-refractivity contribution in [3.63, 3.8) is 0 Å².